The van der Waals surface area contributed by atoms with E-state index in [4.69, 9.17) is 11.6 Å². The minimum Gasteiger partial charge on any atom is -0.122 e. The van der Waals surface area contributed by atoms with Crippen LogP contribution in [0.5, 0.6) is 0 Å². The summed E-state index contributed by atoms with van der Waals surface area (Å²) in [7, 11) is 0. The van der Waals surface area contributed by atoms with Gasteiger partial charge in [0.1, 0.15) is 0 Å². The maximum Gasteiger partial charge on any atom is 0.0458 e. The van der Waals surface area contributed by atoms with Gasteiger partial charge in [-0.1, -0.05) is 30.5 Å². The van der Waals surface area contributed by atoms with E-state index in [0.29, 0.717) is 10.6 Å². The van der Waals surface area contributed by atoms with Gasteiger partial charge in [0.25, 0.3) is 0 Å². The van der Waals surface area contributed by atoms with Crippen molar-refractivity contribution in [1.29, 1.82) is 0 Å². The molecule has 1 aliphatic carbocycles. The largest absolute Gasteiger partial charge is 0.122 e. The van der Waals surface area contributed by atoms with E-state index in [9.17, 15) is 0 Å². The lowest BCUT2D eigenvalue weighted by Gasteiger charge is -2.26. The average molecular weight is 241 g/mol. The van der Waals surface area contributed by atoms with Crippen molar-refractivity contribution in [3.8, 4) is 0 Å². The number of thioether (sulfide) groups is 1. The Balaban J connectivity index is 1.98. The third kappa shape index (κ3) is 3.15. The maximum atomic E-state index is 6.34. The van der Waals surface area contributed by atoms with Gasteiger partial charge in [-0.2, -0.15) is 0 Å². The predicted molar refractivity (Wildman–Crippen MR) is 68.9 cm³/mol. The van der Waals surface area contributed by atoms with Gasteiger partial charge in [-0.25, -0.2) is 0 Å². The van der Waals surface area contributed by atoms with E-state index in [2.05, 4.69) is 31.2 Å². The van der Waals surface area contributed by atoms with E-state index < -0.39 is 0 Å². The van der Waals surface area contributed by atoms with Crippen molar-refractivity contribution in [3.05, 3.63) is 29.8 Å². The highest BCUT2D eigenvalue weighted by molar-refractivity contribution is 8.00. The van der Waals surface area contributed by atoms with Crippen molar-refractivity contribution < 1.29 is 0 Å². The predicted octanol–water partition coefficient (Wildman–Crippen LogP) is 4.64. The molecule has 0 aromatic heterocycles. The molecule has 0 bridgehead atoms. The van der Waals surface area contributed by atoms with E-state index in [0.717, 1.165) is 0 Å². The minimum atomic E-state index is 0.366. The summed E-state index contributed by atoms with van der Waals surface area (Å²) in [4.78, 5) is 1.36. The quantitative estimate of drug-likeness (QED) is 0.679. The summed E-state index contributed by atoms with van der Waals surface area (Å²) >= 11 is 8.29. The first-order valence-corrected chi connectivity index (χ1v) is 6.95. The van der Waals surface area contributed by atoms with Gasteiger partial charge in [0.05, 0.1) is 0 Å². The molecule has 1 fully saturated rings. The Labute approximate surface area is 101 Å². The molecule has 2 heteroatoms. The Morgan fingerprint density at radius 1 is 1.13 bits per heavy atom. The second-order valence-electron chi connectivity index (χ2n) is 4.27. The fraction of sp³-hybridized carbons (Fsp3) is 0.538. The highest BCUT2D eigenvalue weighted by Crippen LogP contribution is 2.36. The number of hydrogen-bond donors (Lipinski definition) is 0. The second-order valence-corrected chi connectivity index (χ2v) is 6.14. The normalized spacial score (nSPS) is 26.5. The Kier molecular flexibility index (Phi) is 3.99. The number of alkyl halides is 1. The minimum absolute atomic E-state index is 0.366. The first kappa shape index (κ1) is 11.3. The van der Waals surface area contributed by atoms with Crippen LogP contribution in [0.2, 0.25) is 0 Å². The number of aryl methyl sites for hydroxylation is 1. The standard InChI is InChI=1S/C13H17ClS/c1-10-6-8-11(9-7-10)15-13-5-3-2-4-12(13)14/h6-9,12-13H,2-5H2,1H3/t12-,13-/m0/s1. The van der Waals surface area contributed by atoms with Crippen molar-refractivity contribution in [3.63, 3.8) is 0 Å². The molecule has 2 rings (SSSR count). The highest BCUT2D eigenvalue weighted by Gasteiger charge is 2.23. The van der Waals surface area contributed by atoms with Crippen LogP contribution in [0.4, 0.5) is 0 Å². The van der Waals surface area contributed by atoms with Crippen molar-refractivity contribution in [2.75, 3.05) is 0 Å². The monoisotopic (exact) mass is 240 g/mol. The van der Waals surface area contributed by atoms with E-state index >= 15 is 0 Å². The van der Waals surface area contributed by atoms with E-state index in [1.165, 1.54) is 36.1 Å². The van der Waals surface area contributed by atoms with Crippen LogP contribution in [0.3, 0.4) is 0 Å². The van der Waals surface area contributed by atoms with Crippen LogP contribution in [0.25, 0.3) is 0 Å². The summed E-state index contributed by atoms with van der Waals surface area (Å²) in [6.07, 6.45) is 5.10. The smallest absolute Gasteiger partial charge is 0.0458 e. The lowest BCUT2D eigenvalue weighted by Crippen LogP contribution is -2.21. The second kappa shape index (κ2) is 5.27. The third-order valence-corrected chi connectivity index (χ3v) is 5.01. The summed E-state index contributed by atoms with van der Waals surface area (Å²) in [5, 5.41) is 0.980. The Morgan fingerprint density at radius 3 is 2.47 bits per heavy atom. The van der Waals surface area contributed by atoms with Gasteiger partial charge < -0.3 is 0 Å². The van der Waals surface area contributed by atoms with Gasteiger partial charge >= 0.3 is 0 Å². The molecule has 0 unspecified atom stereocenters. The van der Waals surface area contributed by atoms with Gasteiger partial charge in [-0.3, -0.25) is 0 Å². The zero-order valence-electron chi connectivity index (χ0n) is 9.08. The van der Waals surface area contributed by atoms with Crippen molar-refractivity contribution in [2.45, 2.75) is 48.1 Å². The Morgan fingerprint density at radius 2 is 1.80 bits per heavy atom. The van der Waals surface area contributed by atoms with Crippen LogP contribution in [0.15, 0.2) is 29.2 Å². The fourth-order valence-electron chi connectivity index (χ4n) is 1.98. The molecule has 1 aromatic carbocycles. The molecule has 0 spiro atoms. The van der Waals surface area contributed by atoms with Crippen LogP contribution < -0.4 is 0 Å². The van der Waals surface area contributed by atoms with Crippen LogP contribution in [0, 0.1) is 6.92 Å². The molecule has 1 aliphatic rings. The first-order valence-electron chi connectivity index (χ1n) is 5.63. The first-order chi connectivity index (χ1) is 7.25. The zero-order valence-corrected chi connectivity index (χ0v) is 10.7. The van der Waals surface area contributed by atoms with Crippen LogP contribution in [-0.4, -0.2) is 10.6 Å². The van der Waals surface area contributed by atoms with Crippen LogP contribution in [0.1, 0.15) is 31.2 Å². The van der Waals surface area contributed by atoms with Gasteiger partial charge in [-0.05, 0) is 31.9 Å². The van der Waals surface area contributed by atoms with Crippen molar-refractivity contribution in [2.24, 2.45) is 0 Å². The van der Waals surface area contributed by atoms with Crippen molar-refractivity contribution >= 4 is 23.4 Å². The zero-order chi connectivity index (χ0) is 10.7. The number of benzene rings is 1. The van der Waals surface area contributed by atoms with E-state index in [-0.39, 0.29) is 0 Å². The van der Waals surface area contributed by atoms with E-state index in [1.54, 1.807) is 0 Å². The van der Waals surface area contributed by atoms with Gasteiger partial charge in [0.15, 0.2) is 0 Å². The third-order valence-electron chi connectivity index (χ3n) is 2.93. The van der Waals surface area contributed by atoms with Crippen LogP contribution in [-0.2, 0) is 0 Å². The molecule has 2 atom stereocenters. The summed E-state index contributed by atoms with van der Waals surface area (Å²) in [6, 6.07) is 8.76. The maximum absolute atomic E-state index is 6.34. The average Bonchev–Trinajstić information content (AvgIpc) is 2.25. The Bertz CT molecular complexity index is 307. The lowest BCUT2D eigenvalue weighted by atomic mass is 10.00. The van der Waals surface area contributed by atoms with Crippen LogP contribution >= 0.6 is 23.4 Å². The topological polar surface area (TPSA) is 0 Å². The molecule has 0 nitrogen and oxygen atoms in total. The lowest BCUT2D eigenvalue weighted by molar-refractivity contribution is 0.522. The summed E-state index contributed by atoms with van der Waals surface area (Å²) in [6.45, 7) is 2.12. The molecule has 1 saturated carbocycles. The molecule has 0 heterocycles. The summed E-state index contributed by atoms with van der Waals surface area (Å²) in [5.74, 6) is 0. The molecule has 1 aromatic rings. The van der Waals surface area contributed by atoms with Gasteiger partial charge in [0, 0.05) is 15.5 Å². The summed E-state index contributed by atoms with van der Waals surface area (Å²) < 4.78 is 0. The molecular formula is C13H17ClS. The number of hydrogen-bond acceptors (Lipinski definition) is 1. The molecule has 0 radical (unpaired) electrons. The SMILES string of the molecule is Cc1ccc(S[C@H]2CCCC[C@@H]2Cl)cc1. The summed E-state index contributed by atoms with van der Waals surface area (Å²) in [5.41, 5.74) is 1.32. The highest BCUT2D eigenvalue weighted by atomic mass is 35.5. The molecule has 0 saturated heterocycles. The molecule has 82 valence electrons. The molecule has 0 amide bonds. The molecule has 0 aliphatic heterocycles. The molecule has 15 heavy (non-hydrogen) atoms. The van der Waals surface area contributed by atoms with Gasteiger partial charge in [-0.15, -0.1) is 23.4 Å². The van der Waals surface area contributed by atoms with E-state index in [1.807, 2.05) is 11.8 Å². The van der Waals surface area contributed by atoms with Gasteiger partial charge in [0.2, 0.25) is 0 Å². The molecule has 0 N–H and O–H groups in total. The molecular weight excluding hydrogens is 224 g/mol. The number of rotatable bonds is 2. The number of halogens is 1. The fourth-order valence-corrected chi connectivity index (χ4v) is 3.62. The Hall–Kier alpha value is -0.140. The van der Waals surface area contributed by atoms with Crippen molar-refractivity contribution in [1.82, 2.24) is 0 Å².